The Morgan fingerprint density at radius 3 is 2.96 bits per heavy atom. The lowest BCUT2D eigenvalue weighted by atomic mass is 9.78. The smallest absolute Gasteiger partial charge is 0.257 e. The minimum absolute atomic E-state index is 0.244. The number of oxazole rings is 1. The number of rotatable bonds is 3. The second kappa shape index (κ2) is 6.56. The molecule has 4 nitrogen and oxygen atoms in total. The zero-order valence-corrected chi connectivity index (χ0v) is 14.1. The fourth-order valence-electron chi connectivity index (χ4n) is 4.05. The van der Waals surface area contributed by atoms with Gasteiger partial charge in [0.15, 0.2) is 5.58 Å². The quantitative estimate of drug-likeness (QED) is 0.795. The van der Waals surface area contributed by atoms with Gasteiger partial charge in [-0.05, 0) is 43.7 Å². The molecular formula is C18H22N2O2S. The van der Waals surface area contributed by atoms with E-state index >= 15 is 0 Å². The number of piperidine rings is 1. The van der Waals surface area contributed by atoms with Gasteiger partial charge in [0.1, 0.15) is 5.52 Å². The lowest BCUT2D eigenvalue weighted by Gasteiger charge is -2.44. The van der Waals surface area contributed by atoms with Gasteiger partial charge in [0.05, 0.1) is 5.75 Å². The number of nitrogens with zero attached hydrogens (tertiary/aromatic N) is 2. The summed E-state index contributed by atoms with van der Waals surface area (Å²) in [5.41, 5.74) is 1.64. The van der Waals surface area contributed by atoms with Crippen molar-refractivity contribution in [2.75, 3.05) is 12.3 Å². The van der Waals surface area contributed by atoms with Crippen LogP contribution < -0.4 is 0 Å². The Balaban J connectivity index is 1.40. The molecule has 0 unspecified atom stereocenters. The summed E-state index contributed by atoms with van der Waals surface area (Å²) in [6.07, 6.45) is 7.54. The number of hydrogen-bond acceptors (Lipinski definition) is 4. The van der Waals surface area contributed by atoms with Crippen LogP contribution in [0.3, 0.4) is 0 Å². The van der Waals surface area contributed by atoms with Gasteiger partial charge < -0.3 is 9.32 Å². The Kier molecular flexibility index (Phi) is 4.29. The zero-order valence-electron chi connectivity index (χ0n) is 13.2. The lowest BCUT2D eigenvalue weighted by molar-refractivity contribution is -0.134. The van der Waals surface area contributed by atoms with E-state index in [0.717, 1.165) is 30.0 Å². The third-order valence-corrected chi connectivity index (χ3v) is 5.97. The number of aromatic nitrogens is 1. The highest BCUT2D eigenvalue weighted by Crippen LogP contribution is 2.35. The highest BCUT2D eigenvalue weighted by atomic mass is 32.2. The molecule has 2 fully saturated rings. The average Bonchev–Trinajstić information content (AvgIpc) is 3.02. The van der Waals surface area contributed by atoms with E-state index in [-0.39, 0.29) is 5.91 Å². The Bertz CT molecular complexity index is 664. The van der Waals surface area contributed by atoms with Crippen molar-refractivity contribution >= 4 is 28.8 Å². The number of carbonyl (C=O) groups is 1. The van der Waals surface area contributed by atoms with Crippen LogP contribution in [0.1, 0.15) is 38.5 Å². The van der Waals surface area contributed by atoms with Crippen molar-refractivity contribution < 1.29 is 9.21 Å². The molecule has 23 heavy (non-hydrogen) atoms. The van der Waals surface area contributed by atoms with Crippen molar-refractivity contribution in [2.45, 2.75) is 49.8 Å². The molecule has 122 valence electrons. The van der Waals surface area contributed by atoms with Gasteiger partial charge in [0.2, 0.25) is 5.91 Å². The third-order valence-electron chi connectivity index (χ3n) is 5.16. The summed E-state index contributed by atoms with van der Waals surface area (Å²) in [4.78, 5) is 19.3. The number of hydrogen-bond donors (Lipinski definition) is 0. The molecule has 1 aromatic heterocycles. The van der Waals surface area contributed by atoms with Crippen LogP contribution in [0.25, 0.3) is 11.1 Å². The lowest BCUT2D eigenvalue weighted by Crippen LogP contribution is -2.50. The van der Waals surface area contributed by atoms with E-state index in [2.05, 4.69) is 9.88 Å². The summed E-state index contributed by atoms with van der Waals surface area (Å²) < 4.78 is 5.69. The van der Waals surface area contributed by atoms with Crippen molar-refractivity contribution in [3.05, 3.63) is 24.3 Å². The van der Waals surface area contributed by atoms with Crippen molar-refractivity contribution in [3.63, 3.8) is 0 Å². The molecule has 0 bridgehead atoms. The SMILES string of the molecule is O=C(CSc1nc2ccccc2o1)N1CCC[C@H]2CCCC[C@H]21. The summed E-state index contributed by atoms with van der Waals surface area (Å²) in [6.45, 7) is 0.925. The summed E-state index contributed by atoms with van der Waals surface area (Å²) in [7, 11) is 0. The Hall–Kier alpha value is -1.49. The molecule has 2 aromatic rings. The fourth-order valence-corrected chi connectivity index (χ4v) is 4.78. The third kappa shape index (κ3) is 3.11. The van der Waals surface area contributed by atoms with Gasteiger partial charge in [-0.2, -0.15) is 0 Å². The van der Waals surface area contributed by atoms with Crippen LogP contribution >= 0.6 is 11.8 Å². The van der Waals surface area contributed by atoms with Gasteiger partial charge in [-0.1, -0.05) is 36.7 Å². The van der Waals surface area contributed by atoms with E-state index in [0.29, 0.717) is 17.0 Å². The monoisotopic (exact) mass is 330 g/mol. The number of thioether (sulfide) groups is 1. The summed E-state index contributed by atoms with van der Waals surface area (Å²) in [6, 6.07) is 8.20. The van der Waals surface area contributed by atoms with Crippen molar-refractivity contribution in [3.8, 4) is 0 Å². The summed E-state index contributed by atoms with van der Waals surface area (Å²) >= 11 is 1.42. The van der Waals surface area contributed by atoms with Gasteiger partial charge >= 0.3 is 0 Å². The minimum atomic E-state index is 0.244. The van der Waals surface area contributed by atoms with Crippen molar-refractivity contribution in [1.29, 1.82) is 0 Å². The van der Waals surface area contributed by atoms with Crippen molar-refractivity contribution in [2.24, 2.45) is 5.92 Å². The maximum absolute atomic E-state index is 12.7. The van der Waals surface area contributed by atoms with Crippen LogP contribution in [0.15, 0.2) is 33.9 Å². The topological polar surface area (TPSA) is 46.3 Å². The first-order chi connectivity index (χ1) is 11.3. The first-order valence-electron chi connectivity index (χ1n) is 8.59. The second-order valence-electron chi connectivity index (χ2n) is 6.58. The molecule has 1 saturated heterocycles. The number of fused-ring (bicyclic) bond motifs is 2. The normalized spacial score (nSPS) is 24.6. The van der Waals surface area contributed by atoms with Crippen LogP contribution in [-0.2, 0) is 4.79 Å². The van der Waals surface area contributed by atoms with Gasteiger partial charge in [-0.15, -0.1) is 0 Å². The molecule has 4 rings (SSSR count). The van der Waals surface area contributed by atoms with E-state index in [4.69, 9.17) is 4.42 Å². The number of para-hydroxylation sites is 2. The van der Waals surface area contributed by atoms with E-state index < -0.39 is 0 Å². The van der Waals surface area contributed by atoms with Crippen LogP contribution in [0.5, 0.6) is 0 Å². The van der Waals surface area contributed by atoms with Crippen LogP contribution in [0, 0.1) is 5.92 Å². The maximum Gasteiger partial charge on any atom is 0.257 e. The van der Waals surface area contributed by atoms with Gasteiger partial charge in [0, 0.05) is 12.6 Å². The molecule has 2 atom stereocenters. The molecule has 2 aliphatic rings. The highest BCUT2D eigenvalue weighted by Gasteiger charge is 2.35. The maximum atomic E-state index is 12.7. The van der Waals surface area contributed by atoms with Crippen LogP contribution in [0.4, 0.5) is 0 Å². The largest absolute Gasteiger partial charge is 0.431 e. The average molecular weight is 330 g/mol. The zero-order chi connectivity index (χ0) is 15.6. The number of likely N-dealkylation sites (tertiary alicyclic amines) is 1. The van der Waals surface area contributed by atoms with Crippen LogP contribution in [0.2, 0.25) is 0 Å². The highest BCUT2D eigenvalue weighted by molar-refractivity contribution is 7.99. The summed E-state index contributed by atoms with van der Waals surface area (Å²) in [5.74, 6) is 1.40. The Labute approximate surface area is 140 Å². The molecule has 0 radical (unpaired) electrons. The van der Waals surface area contributed by atoms with E-state index in [1.165, 1.54) is 43.9 Å². The van der Waals surface area contributed by atoms with E-state index in [1.807, 2.05) is 24.3 Å². The molecule has 1 saturated carbocycles. The fraction of sp³-hybridized carbons (Fsp3) is 0.556. The number of benzene rings is 1. The Morgan fingerprint density at radius 2 is 2.04 bits per heavy atom. The van der Waals surface area contributed by atoms with Gasteiger partial charge in [0.25, 0.3) is 5.22 Å². The molecule has 0 N–H and O–H groups in total. The van der Waals surface area contributed by atoms with Gasteiger partial charge in [-0.25, -0.2) is 4.98 Å². The summed E-state index contributed by atoms with van der Waals surface area (Å²) in [5, 5.41) is 0.594. The number of amides is 1. The molecule has 0 spiro atoms. The molecule has 1 amide bonds. The molecule has 1 aliphatic heterocycles. The predicted molar refractivity (Wildman–Crippen MR) is 91.4 cm³/mol. The number of carbonyl (C=O) groups excluding carboxylic acids is 1. The van der Waals surface area contributed by atoms with Crippen molar-refractivity contribution in [1.82, 2.24) is 9.88 Å². The Morgan fingerprint density at radius 1 is 1.22 bits per heavy atom. The molecular weight excluding hydrogens is 308 g/mol. The van der Waals surface area contributed by atoms with E-state index in [9.17, 15) is 4.79 Å². The second-order valence-corrected chi connectivity index (χ2v) is 7.50. The molecule has 1 aliphatic carbocycles. The standard InChI is InChI=1S/C18H22N2O2S/c21-17(20-11-5-7-13-6-1-3-9-15(13)20)12-23-18-19-14-8-2-4-10-16(14)22-18/h2,4,8,10,13,15H,1,3,5-7,9,11-12H2/t13-,15-/m1/s1. The van der Waals surface area contributed by atoms with E-state index in [1.54, 1.807) is 0 Å². The van der Waals surface area contributed by atoms with Gasteiger partial charge in [-0.3, -0.25) is 4.79 Å². The first kappa shape index (κ1) is 15.1. The molecule has 2 heterocycles. The predicted octanol–water partition coefficient (Wildman–Crippen LogP) is 4.10. The van der Waals surface area contributed by atoms with Crippen LogP contribution in [-0.4, -0.2) is 34.1 Å². The molecule has 5 heteroatoms. The minimum Gasteiger partial charge on any atom is -0.431 e. The molecule has 1 aromatic carbocycles. The first-order valence-corrected chi connectivity index (χ1v) is 9.57.